The van der Waals surface area contributed by atoms with Crippen LogP contribution in [0.15, 0.2) is 4.47 Å². The van der Waals surface area contributed by atoms with Gasteiger partial charge in [0.2, 0.25) is 0 Å². The number of halogens is 1. The van der Waals surface area contributed by atoms with Crippen LogP contribution in [0.4, 0.5) is 22.7 Å². The van der Waals surface area contributed by atoms with Gasteiger partial charge in [-0.3, -0.25) is 30.3 Å². The van der Waals surface area contributed by atoms with E-state index < -0.39 is 47.7 Å². The molecular weight excluding hydrogens is 320 g/mol. The number of benzene rings is 1. The number of hydrogen-bond donors (Lipinski definition) is 2. The van der Waals surface area contributed by atoms with E-state index in [0.717, 1.165) is 0 Å². The number of nitro benzene ring substituents is 3. The van der Waals surface area contributed by atoms with Crippen molar-refractivity contribution < 1.29 is 19.9 Å². The zero-order valence-corrected chi connectivity index (χ0v) is 9.78. The molecule has 12 heteroatoms. The SMILES string of the molecule is Nc1c([N+](=O)[O-])c(O)c([N+](=O)[O-])c(Br)c1[N+](=O)[O-]. The van der Waals surface area contributed by atoms with Gasteiger partial charge < -0.3 is 10.8 Å². The Hall–Kier alpha value is -2.50. The van der Waals surface area contributed by atoms with Crippen LogP contribution in [0.5, 0.6) is 5.75 Å². The molecule has 1 rings (SSSR count). The van der Waals surface area contributed by atoms with Crippen molar-refractivity contribution in [2.45, 2.75) is 0 Å². The van der Waals surface area contributed by atoms with Crippen molar-refractivity contribution in [3.63, 3.8) is 0 Å². The number of nitrogen functional groups attached to an aromatic ring is 1. The summed E-state index contributed by atoms with van der Waals surface area (Å²) < 4.78 is -0.738. The number of anilines is 1. The fraction of sp³-hybridized carbons (Fsp3) is 0. The molecule has 0 saturated carbocycles. The van der Waals surface area contributed by atoms with E-state index in [0.29, 0.717) is 0 Å². The summed E-state index contributed by atoms with van der Waals surface area (Å²) in [5.41, 5.74) is 0.665. The van der Waals surface area contributed by atoms with Crippen LogP contribution in [-0.4, -0.2) is 19.9 Å². The van der Waals surface area contributed by atoms with Gasteiger partial charge in [0.05, 0.1) is 14.8 Å². The van der Waals surface area contributed by atoms with Gasteiger partial charge in [0.25, 0.3) is 5.75 Å². The number of phenols is 1. The number of hydrogen-bond acceptors (Lipinski definition) is 8. The van der Waals surface area contributed by atoms with Crippen LogP contribution < -0.4 is 5.73 Å². The van der Waals surface area contributed by atoms with E-state index in [9.17, 15) is 35.4 Å². The zero-order chi connectivity index (χ0) is 14.2. The summed E-state index contributed by atoms with van der Waals surface area (Å²) in [5.74, 6) is -1.35. The molecule has 0 bridgehead atoms. The van der Waals surface area contributed by atoms with Crippen LogP contribution in [0.3, 0.4) is 0 Å². The predicted octanol–water partition coefficient (Wildman–Crippen LogP) is 1.46. The van der Waals surface area contributed by atoms with Crippen LogP contribution in [-0.2, 0) is 0 Å². The molecule has 0 spiro atoms. The van der Waals surface area contributed by atoms with Crippen molar-refractivity contribution in [2.24, 2.45) is 0 Å². The maximum absolute atomic E-state index is 10.7. The van der Waals surface area contributed by atoms with Crippen molar-refractivity contribution in [1.29, 1.82) is 0 Å². The summed E-state index contributed by atoms with van der Waals surface area (Å²) >= 11 is 2.52. The lowest BCUT2D eigenvalue weighted by Gasteiger charge is -2.04. The Morgan fingerprint density at radius 3 is 1.67 bits per heavy atom. The monoisotopic (exact) mass is 322 g/mol. The summed E-state index contributed by atoms with van der Waals surface area (Å²) in [5, 5.41) is 41.3. The maximum Gasteiger partial charge on any atom is 0.347 e. The average Bonchev–Trinajstić information content (AvgIpc) is 2.14. The highest BCUT2D eigenvalue weighted by molar-refractivity contribution is 9.10. The second kappa shape index (κ2) is 4.40. The Morgan fingerprint density at radius 2 is 1.33 bits per heavy atom. The van der Waals surface area contributed by atoms with Gasteiger partial charge in [-0.25, -0.2) is 0 Å². The molecule has 1 aromatic carbocycles. The maximum atomic E-state index is 10.7. The molecule has 0 unspecified atom stereocenters. The van der Waals surface area contributed by atoms with E-state index in [4.69, 9.17) is 5.73 Å². The van der Waals surface area contributed by atoms with Gasteiger partial charge in [-0.05, 0) is 15.9 Å². The van der Waals surface area contributed by atoms with Gasteiger partial charge in [-0.1, -0.05) is 0 Å². The molecule has 0 aliphatic heterocycles. The predicted molar refractivity (Wildman–Crippen MR) is 60.2 cm³/mol. The molecule has 1 aromatic rings. The second-order valence-corrected chi connectivity index (χ2v) is 3.69. The third-order valence-electron chi connectivity index (χ3n) is 1.92. The van der Waals surface area contributed by atoms with E-state index in [1.807, 2.05) is 0 Å². The Morgan fingerprint density at radius 1 is 0.944 bits per heavy atom. The molecule has 0 atom stereocenters. The average molecular weight is 323 g/mol. The summed E-state index contributed by atoms with van der Waals surface area (Å²) in [6.45, 7) is 0. The second-order valence-electron chi connectivity index (χ2n) is 2.89. The summed E-state index contributed by atoms with van der Waals surface area (Å²) in [6.07, 6.45) is 0. The molecule has 18 heavy (non-hydrogen) atoms. The van der Waals surface area contributed by atoms with Gasteiger partial charge in [0, 0.05) is 0 Å². The lowest BCUT2D eigenvalue weighted by molar-refractivity contribution is -0.404. The molecule has 0 aliphatic carbocycles. The lowest BCUT2D eigenvalue weighted by atomic mass is 10.2. The highest BCUT2D eigenvalue weighted by Crippen LogP contribution is 2.51. The molecule has 0 amide bonds. The van der Waals surface area contributed by atoms with E-state index >= 15 is 0 Å². The third kappa shape index (κ3) is 1.88. The van der Waals surface area contributed by atoms with Crippen molar-refractivity contribution in [3.8, 4) is 5.75 Å². The van der Waals surface area contributed by atoms with Gasteiger partial charge in [-0.15, -0.1) is 0 Å². The summed E-state index contributed by atoms with van der Waals surface area (Å²) in [7, 11) is 0. The number of rotatable bonds is 3. The van der Waals surface area contributed by atoms with Crippen LogP contribution in [0.25, 0.3) is 0 Å². The van der Waals surface area contributed by atoms with E-state index in [-0.39, 0.29) is 0 Å². The molecule has 0 saturated heterocycles. The van der Waals surface area contributed by atoms with E-state index in [2.05, 4.69) is 15.9 Å². The van der Waals surface area contributed by atoms with Crippen LogP contribution >= 0.6 is 15.9 Å². The first kappa shape index (κ1) is 13.6. The van der Waals surface area contributed by atoms with Crippen LogP contribution in [0.1, 0.15) is 0 Å². The normalized spacial score (nSPS) is 10.1. The Bertz CT molecular complexity index is 484. The van der Waals surface area contributed by atoms with Crippen molar-refractivity contribution in [1.82, 2.24) is 0 Å². The van der Waals surface area contributed by atoms with Crippen LogP contribution in [0, 0.1) is 30.3 Å². The number of nitrogens with two attached hydrogens (primary N) is 1. The van der Waals surface area contributed by atoms with Crippen LogP contribution in [0.2, 0.25) is 0 Å². The van der Waals surface area contributed by atoms with Gasteiger partial charge in [-0.2, -0.15) is 0 Å². The van der Waals surface area contributed by atoms with Gasteiger partial charge in [0.15, 0.2) is 10.2 Å². The molecule has 0 aromatic heterocycles. The molecule has 0 radical (unpaired) electrons. The first-order chi connectivity index (χ1) is 8.20. The third-order valence-corrected chi connectivity index (χ3v) is 2.67. The zero-order valence-electron chi connectivity index (χ0n) is 8.19. The number of aromatic hydroxyl groups is 1. The quantitative estimate of drug-likeness (QED) is 0.477. The smallest absolute Gasteiger partial charge is 0.347 e. The molecule has 11 nitrogen and oxygen atoms in total. The summed E-state index contributed by atoms with van der Waals surface area (Å²) in [4.78, 5) is 28.4. The van der Waals surface area contributed by atoms with Gasteiger partial charge in [0.1, 0.15) is 0 Å². The molecule has 0 fully saturated rings. The highest BCUT2D eigenvalue weighted by atomic mass is 79.9. The van der Waals surface area contributed by atoms with E-state index in [1.54, 1.807) is 0 Å². The first-order valence-corrected chi connectivity index (χ1v) is 4.76. The van der Waals surface area contributed by atoms with E-state index in [1.165, 1.54) is 0 Å². The topological polar surface area (TPSA) is 176 Å². The van der Waals surface area contributed by atoms with Gasteiger partial charge >= 0.3 is 17.1 Å². The van der Waals surface area contributed by atoms with Crippen molar-refractivity contribution in [3.05, 3.63) is 34.8 Å². The Balaban J connectivity index is 3.94. The number of nitrogens with zero attached hydrogens (tertiary/aromatic N) is 3. The summed E-state index contributed by atoms with van der Waals surface area (Å²) in [6, 6.07) is 0. The molecular formula is C6H3BrN4O7. The largest absolute Gasteiger partial charge is 0.497 e. The lowest BCUT2D eigenvalue weighted by Crippen LogP contribution is -2.05. The minimum absolute atomic E-state index is 0.738. The standard InChI is InChI=1S/C6H3BrN4O7/c7-1-3(9(13)14)2(8)5(11(17)18)6(12)4(1)10(15)16/h12H,8H2. The number of phenolic OH excluding ortho intramolecular Hbond substituents is 1. The molecule has 96 valence electrons. The molecule has 0 aliphatic rings. The minimum Gasteiger partial charge on any atom is -0.497 e. The Labute approximate surface area is 105 Å². The fourth-order valence-corrected chi connectivity index (χ4v) is 1.91. The fourth-order valence-electron chi connectivity index (χ4n) is 1.22. The molecule has 3 N–H and O–H groups in total. The first-order valence-electron chi connectivity index (χ1n) is 3.97. The number of nitro groups is 3. The Kier molecular flexibility index (Phi) is 3.32. The highest BCUT2D eigenvalue weighted by Gasteiger charge is 2.40. The van der Waals surface area contributed by atoms with Crippen molar-refractivity contribution in [2.75, 3.05) is 5.73 Å². The minimum atomic E-state index is -1.35. The molecule has 0 heterocycles. The van der Waals surface area contributed by atoms with Crippen molar-refractivity contribution >= 4 is 38.7 Å².